The molecule has 18 heavy (non-hydrogen) atoms. The molecule has 0 radical (unpaired) electrons. The van der Waals surface area contributed by atoms with Gasteiger partial charge in [-0.15, -0.1) is 0 Å². The van der Waals surface area contributed by atoms with Crippen LogP contribution >= 0.6 is 0 Å². The number of aryl methyl sites for hydroxylation is 1. The van der Waals surface area contributed by atoms with Crippen LogP contribution in [0.2, 0.25) is 0 Å². The molecule has 0 heterocycles. The van der Waals surface area contributed by atoms with Gasteiger partial charge in [-0.2, -0.15) is 5.10 Å². The Morgan fingerprint density at radius 3 is 2.56 bits per heavy atom. The molecule has 0 fully saturated rings. The molecule has 0 saturated heterocycles. The third kappa shape index (κ3) is 5.62. The highest BCUT2D eigenvalue weighted by atomic mass is 16.2. The molecule has 3 heteroatoms. The molecule has 1 aromatic rings. The summed E-state index contributed by atoms with van der Waals surface area (Å²) in [6.45, 7) is 4.25. The largest absolute Gasteiger partial charge is 0.273 e. The maximum atomic E-state index is 11.4. The van der Waals surface area contributed by atoms with Crippen molar-refractivity contribution in [3.05, 3.63) is 35.4 Å². The Hall–Kier alpha value is -1.64. The first-order valence-corrected chi connectivity index (χ1v) is 6.67. The molecule has 1 rings (SSSR count). The number of amides is 1. The van der Waals surface area contributed by atoms with E-state index < -0.39 is 0 Å². The van der Waals surface area contributed by atoms with Crippen molar-refractivity contribution in [2.45, 2.75) is 46.0 Å². The summed E-state index contributed by atoms with van der Waals surface area (Å²) in [7, 11) is 0. The zero-order valence-electron chi connectivity index (χ0n) is 11.3. The maximum absolute atomic E-state index is 11.4. The molecule has 0 aromatic heterocycles. The van der Waals surface area contributed by atoms with Gasteiger partial charge in [0.2, 0.25) is 5.91 Å². The predicted molar refractivity (Wildman–Crippen MR) is 75.7 cm³/mol. The number of carbonyl (C=O) groups is 1. The Morgan fingerprint density at radius 2 is 1.94 bits per heavy atom. The number of hydrazone groups is 1. The number of carbonyl (C=O) groups excluding carboxylic acids is 1. The second-order valence-electron chi connectivity index (χ2n) is 4.35. The third-order valence-corrected chi connectivity index (χ3v) is 2.80. The average molecular weight is 246 g/mol. The van der Waals surface area contributed by atoms with Gasteiger partial charge in [-0.3, -0.25) is 4.79 Å². The van der Waals surface area contributed by atoms with E-state index in [0.29, 0.717) is 6.42 Å². The van der Waals surface area contributed by atoms with Crippen LogP contribution in [0.3, 0.4) is 0 Å². The number of nitrogens with zero attached hydrogens (tertiary/aromatic N) is 1. The van der Waals surface area contributed by atoms with Crippen molar-refractivity contribution >= 4 is 12.1 Å². The van der Waals surface area contributed by atoms with E-state index in [0.717, 1.165) is 31.2 Å². The van der Waals surface area contributed by atoms with Crippen molar-refractivity contribution in [2.75, 3.05) is 0 Å². The summed E-state index contributed by atoms with van der Waals surface area (Å²) in [5.41, 5.74) is 4.85. The summed E-state index contributed by atoms with van der Waals surface area (Å²) in [6.07, 6.45) is 6.42. The van der Waals surface area contributed by atoms with E-state index in [1.54, 1.807) is 6.21 Å². The monoisotopic (exact) mass is 246 g/mol. The minimum atomic E-state index is -0.00937. The Labute approximate surface area is 109 Å². The van der Waals surface area contributed by atoms with E-state index in [4.69, 9.17) is 0 Å². The van der Waals surface area contributed by atoms with Gasteiger partial charge in [-0.25, -0.2) is 5.43 Å². The van der Waals surface area contributed by atoms with E-state index >= 15 is 0 Å². The average Bonchev–Trinajstić information content (AvgIpc) is 2.40. The Balaban J connectivity index is 2.32. The van der Waals surface area contributed by atoms with E-state index in [1.165, 1.54) is 5.56 Å². The minimum absolute atomic E-state index is 0.00937. The first kappa shape index (κ1) is 14.4. The molecular weight excluding hydrogens is 224 g/mol. The van der Waals surface area contributed by atoms with E-state index in [1.807, 2.05) is 12.1 Å². The first-order valence-electron chi connectivity index (χ1n) is 6.67. The zero-order valence-corrected chi connectivity index (χ0v) is 11.3. The highest BCUT2D eigenvalue weighted by Crippen LogP contribution is 2.02. The van der Waals surface area contributed by atoms with Crippen LogP contribution in [0, 0.1) is 0 Å². The SMILES string of the molecule is CCCCCC(=O)N/N=C/c1ccc(CC)cc1. The quantitative estimate of drug-likeness (QED) is 0.448. The van der Waals surface area contributed by atoms with Crippen LogP contribution in [0.5, 0.6) is 0 Å². The summed E-state index contributed by atoms with van der Waals surface area (Å²) in [5.74, 6) is -0.00937. The zero-order chi connectivity index (χ0) is 13.2. The number of nitrogens with one attached hydrogen (secondary N) is 1. The molecule has 0 unspecified atom stereocenters. The van der Waals surface area contributed by atoms with Gasteiger partial charge in [0, 0.05) is 6.42 Å². The standard InChI is InChI=1S/C15H22N2O/c1-3-5-6-7-15(18)17-16-12-14-10-8-13(4-2)9-11-14/h8-12H,3-7H2,1-2H3,(H,17,18)/b16-12+. The summed E-state index contributed by atoms with van der Waals surface area (Å²) >= 11 is 0. The van der Waals surface area contributed by atoms with Crippen molar-refractivity contribution in [3.8, 4) is 0 Å². The lowest BCUT2D eigenvalue weighted by Gasteiger charge is -1.99. The lowest BCUT2D eigenvalue weighted by Crippen LogP contribution is -2.16. The van der Waals surface area contributed by atoms with Gasteiger partial charge in [-0.1, -0.05) is 51.0 Å². The van der Waals surface area contributed by atoms with Gasteiger partial charge in [0.05, 0.1) is 6.21 Å². The molecule has 0 saturated carbocycles. The molecule has 1 aromatic carbocycles. The van der Waals surface area contributed by atoms with Gasteiger partial charge < -0.3 is 0 Å². The Morgan fingerprint density at radius 1 is 1.22 bits per heavy atom. The van der Waals surface area contributed by atoms with Crippen LogP contribution in [-0.2, 0) is 11.2 Å². The topological polar surface area (TPSA) is 41.5 Å². The highest BCUT2D eigenvalue weighted by Gasteiger charge is 1.97. The lowest BCUT2D eigenvalue weighted by molar-refractivity contribution is -0.121. The van der Waals surface area contributed by atoms with Crippen LogP contribution in [0.4, 0.5) is 0 Å². The lowest BCUT2D eigenvalue weighted by atomic mass is 10.1. The number of hydrogen-bond donors (Lipinski definition) is 1. The number of hydrogen-bond acceptors (Lipinski definition) is 2. The molecule has 0 bridgehead atoms. The Bertz CT molecular complexity index is 382. The van der Waals surface area contributed by atoms with Crippen LogP contribution in [0.25, 0.3) is 0 Å². The van der Waals surface area contributed by atoms with E-state index in [9.17, 15) is 4.79 Å². The van der Waals surface area contributed by atoms with Crippen molar-refractivity contribution in [1.29, 1.82) is 0 Å². The normalized spacial score (nSPS) is 10.8. The van der Waals surface area contributed by atoms with Crippen molar-refractivity contribution in [3.63, 3.8) is 0 Å². The molecule has 0 aliphatic rings. The molecule has 98 valence electrons. The van der Waals surface area contributed by atoms with Crippen LogP contribution < -0.4 is 5.43 Å². The first-order chi connectivity index (χ1) is 8.76. The maximum Gasteiger partial charge on any atom is 0.240 e. The third-order valence-electron chi connectivity index (χ3n) is 2.80. The number of rotatable bonds is 7. The number of unbranched alkanes of at least 4 members (excludes halogenated alkanes) is 2. The molecule has 0 aliphatic heterocycles. The highest BCUT2D eigenvalue weighted by molar-refractivity contribution is 5.82. The molecule has 0 spiro atoms. The number of benzene rings is 1. The second-order valence-corrected chi connectivity index (χ2v) is 4.35. The van der Waals surface area contributed by atoms with Gasteiger partial charge in [0.15, 0.2) is 0 Å². The van der Waals surface area contributed by atoms with Crippen LogP contribution in [-0.4, -0.2) is 12.1 Å². The van der Waals surface area contributed by atoms with Crippen LogP contribution in [0.15, 0.2) is 29.4 Å². The van der Waals surface area contributed by atoms with Crippen LogP contribution in [0.1, 0.15) is 50.7 Å². The summed E-state index contributed by atoms with van der Waals surface area (Å²) in [4.78, 5) is 11.4. The molecule has 1 amide bonds. The molecule has 0 aliphatic carbocycles. The van der Waals surface area contributed by atoms with Crippen molar-refractivity contribution in [2.24, 2.45) is 5.10 Å². The van der Waals surface area contributed by atoms with Crippen molar-refractivity contribution in [1.82, 2.24) is 5.43 Å². The fourth-order valence-electron chi connectivity index (χ4n) is 1.61. The summed E-state index contributed by atoms with van der Waals surface area (Å²) < 4.78 is 0. The second kappa shape index (κ2) is 8.45. The van der Waals surface area contributed by atoms with Gasteiger partial charge in [0.1, 0.15) is 0 Å². The fraction of sp³-hybridized carbons (Fsp3) is 0.467. The predicted octanol–water partition coefficient (Wildman–Crippen LogP) is 3.28. The van der Waals surface area contributed by atoms with E-state index in [-0.39, 0.29) is 5.91 Å². The van der Waals surface area contributed by atoms with E-state index in [2.05, 4.69) is 36.5 Å². The summed E-state index contributed by atoms with van der Waals surface area (Å²) in [5, 5.41) is 3.95. The van der Waals surface area contributed by atoms with Gasteiger partial charge >= 0.3 is 0 Å². The molecular formula is C15H22N2O. The Kier molecular flexibility index (Phi) is 6.77. The fourth-order valence-corrected chi connectivity index (χ4v) is 1.61. The smallest absolute Gasteiger partial charge is 0.240 e. The molecule has 0 atom stereocenters. The minimum Gasteiger partial charge on any atom is -0.273 e. The molecule has 3 nitrogen and oxygen atoms in total. The van der Waals surface area contributed by atoms with Crippen molar-refractivity contribution < 1.29 is 4.79 Å². The summed E-state index contributed by atoms with van der Waals surface area (Å²) in [6, 6.07) is 8.16. The molecule has 1 N–H and O–H groups in total. The van der Waals surface area contributed by atoms with Gasteiger partial charge in [-0.05, 0) is 24.0 Å². The van der Waals surface area contributed by atoms with Gasteiger partial charge in [0.25, 0.3) is 0 Å².